The summed E-state index contributed by atoms with van der Waals surface area (Å²) in [7, 11) is 1.42. The summed E-state index contributed by atoms with van der Waals surface area (Å²) in [5.41, 5.74) is 5.59. The molecule has 170 valence electrons. The molecule has 33 heavy (non-hydrogen) atoms. The number of allylic oxidation sites excluding steroid dienone is 1. The van der Waals surface area contributed by atoms with Crippen molar-refractivity contribution in [2.24, 2.45) is 0 Å². The van der Waals surface area contributed by atoms with Crippen LogP contribution >= 0.6 is 12.2 Å². The largest absolute Gasteiger partial charge is 0.494 e. The van der Waals surface area contributed by atoms with E-state index in [1.54, 1.807) is 12.1 Å². The molecule has 1 N–H and O–H groups in total. The lowest BCUT2D eigenvalue weighted by atomic mass is 9.92. The van der Waals surface area contributed by atoms with Crippen LogP contribution in [0.1, 0.15) is 35.5 Å². The van der Waals surface area contributed by atoms with E-state index in [1.807, 2.05) is 11.8 Å². The van der Waals surface area contributed by atoms with E-state index < -0.39 is 5.82 Å². The molecule has 0 bridgehead atoms. The van der Waals surface area contributed by atoms with Crippen LogP contribution in [0, 0.1) is 19.7 Å². The molecule has 1 aliphatic heterocycles. The van der Waals surface area contributed by atoms with Gasteiger partial charge in [0, 0.05) is 17.8 Å². The van der Waals surface area contributed by atoms with Crippen LogP contribution in [0.15, 0.2) is 59.3 Å². The van der Waals surface area contributed by atoms with Crippen molar-refractivity contribution in [3.63, 3.8) is 0 Å². The van der Waals surface area contributed by atoms with Gasteiger partial charge in [0.25, 0.3) is 5.89 Å². The number of methoxy groups -OCH3 is 1. The zero-order valence-corrected chi connectivity index (χ0v) is 19.8. The first-order valence-electron chi connectivity index (χ1n) is 10.5. The Morgan fingerprint density at radius 3 is 2.67 bits per heavy atom. The van der Waals surface area contributed by atoms with Gasteiger partial charge in [-0.25, -0.2) is 4.39 Å². The highest BCUT2D eigenvalue weighted by atomic mass is 32.1. The van der Waals surface area contributed by atoms with Gasteiger partial charge in [0.15, 0.2) is 16.7 Å². The lowest BCUT2D eigenvalue weighted by Crippen LogP contribution is -2.45. The lowest BCUT2D eigenvalue weighted by molar-refractivity contribution is 0.386. The molecule has 0 spiro atoms. The van der Waals surface area contributed by atoms with Crippen molar-refractivity contribution in [1.29, 1.82) is 0 Å². The number of nitrogens with one attached hydrogen (secondary N) is 1. The molecular formula is C25H25FN4O2S. The van der Waals surface area contributed by atoms with E-state index in [0.29, 0.717) is 23.1 Å². The number of ether oxygens (including phenoxy) is 1. The van der Waals surface area contributed by atoms with Crippen LogP contribution < -0.4 is 10.1 Å². The topological polar surface area (TPSA) is 63.4 Å². The van der Waals surface area contributed by atoms with Crippen LogP contribution in [0.3, 0.4) is 0 Å². The Balaban J connectivity index is 1.82. The van der Waals surface area contributed by atoms with E-state index in [1.165, 1.54) is 30.4 Å². The zero-order chi connectivity index (χ0) is 23.7. The second-order valence-electron chi connectivity index (χ2n) is 7.90. The summed E-state index contributed by atoms with van der Waals surface area (Å²) in [6.45, 7) is 10.5. The predicted octanol–water partition coefficient (Wildman–Crippen LogP) is 5.35. The van der Waals surface area contributed by atoms with Crippen molar-refractivity contribution < 1.29 is 13.7 Å². The Bertz CT molecular complexity index is 1270. The molecule has 0 saturated carbocycles. The molecule has 0 aliphatic carbocycles. The number of thiocarbonyl (C=S) groups is 1. The maximum atomic E-state index is 14.2. The fourth-order valence-electron chi connectivity index (χ4n) is 3.86. The minimum atomic E-state index is -0.494. The van der Waals surface area contributed by atoms with Gasteiger partial charge in [-0.05, 0) is 67.9 Å². The summed E-state index contributed by atoms with van der Waals surface area (Å²) in [5, 5.41) is 8.12. The van der Waals surface area contributed by atoms with Crippen LogP contribution in [0.5, 0.6) is 5.75 Å². The van der Waals surface area contributed by atoms with Crippen LogP contribution in [-0.2, 0) is 0 Å². The first-order chi connectivity index (χ1) is 15.8. The Labute approximate surface area is 197 Å². The minimum Gasteiger partial charge on any atom is -0.494 e. The molecule has 0 fully saturated rings. The molecular weight excluding hydrogens is 439 g/mol. The molecule has 1 aromatic heterocycles. The standard InChI is InChI=1S/C25H25FN4O2S/c1-6-11-30-16(4)21(22(27-25(30)33)17-8-7-14(2)15(3)12-17)24-28-23(29-32-24)18-9-10-20(31-5)19(26)13-18/h6-10,12-13,22H,1,11H2,2-5H3,(H,27,33). The molecule has 0 amide bonds. The van der Waals surface area contributed by atoms with E-state index >= 15 is 0 Å². The maximum Gasteiger partial charge on any atom is 0.258 e. The van der Waals surface area contributed by atoms with E-state index in [2.05, 4.69) is 54.1 Å². The molecule has 2 heterocycles. The first-order valence-corrected chi connectivity index (χ1v) is 10.9. The molecule has 0 radical (unpaired) electrons. The molecule has 4 rings (SSSR count). The molecule has 1 unspecified atom stereocenters. The second-order valence-corrected chi connectivity index (χ2v) is 8.28. The SMILES string of the molecule is C=CCN1C(=S)NC(c2ccc(C)c(C)c2)C(c2nc(-c3ccc(OC)c(F)c3)no2)=C1C. The number of aryl methyl sites for hydroxylation is 2. The summed E-state index contributed by atoms with van der Waals surface area (Å²) >= 11 is 5.64. The van der Waals surface area contributed by atoms with E-state index in [4.69, 9.17) is 21.5 Å². The zero-order valence-electron chi connectivity index (χ0n) is 19.0. The van der Waals surface area contributed by atoms with Crippen LogP contribution in [0.25, 0.3) is 17.0 Å². The first kappa shape index (κ1) is 22.7. The highest BCUT2D eigenvalue weighted by Crippen LogP contribution is 2.38. The highest BCUT2D eigenvalue weighted by molar-refractivity contribution is 7.80. The average molecular weight is 465 g/mol. The van der Waals surface area contributed by atoms with E-state index in [-0.39, 0.29) is 17.6 Å². The molecule has 1 aliphatic rings. The maximum absolute atomic E-state index is 14.2. The molecule has 1 atom stereocenters. The normalized spacial score (nSPS) is 16.1. The Kier molecular flexibility index (Phi) is 6.29. The van der Waals surface area contributed by atoms with Gasteiger partial charge in [-0.1, -0.05) is 29.4 Å². The third-order valence-corrected chi connectivity index (χ3v) is 6.18. The van der Waals surface area contributed by atoms with Gasteiger partial charge in [-0.2, -0.15) is 4.98 Å². The second kappa shape index (κ2) is 9.15. The summed E-state index contributed by atoms with van der Waals surface area (Å²) in [6.07, 6.45) is 1.78. The van der Waals surface area contributed by atoms with Crippen LogP contribution in [0.4, 0.5) is 4.39 Å². The lowest BCUT2D eigenvalue weighted by Gasteiger charge is -2.37. The number of halogens is 1. The van der Waals surface area contributed by atoms with Gasteiger partial charge in [0.05, 0.1) is 18.7 Å². The highest BCUT2D eigenvalue weighted by Gasteiger charge is 2.33. The monoisotopic (exact) mass is 464 g/mol. The minimum absolute atomic E-state index is 0.154. The van der Waals surface area contributed by atoms with Crippen LogP contribution in [0.2, 0.25) is 0 Å². The van der Waals surface area contributed by atoms with Crippen molar-refractivity contribution in [3.05, 3.63) is 83.1 Å². The predicted molar refractivity (Wildman–Crippen MR) is 130 cm³/mol. The smallest absolute Gasteiger partial charge is 0.258 e. The number of hydrogen-bond acceptors (Lipinski definition) is 5. The van der Waals surface area contributed by atoms with Crippen molar-refractivity contribution in [2.75, 3.05) is 13.7 Å². The molecule has 8 heteroatoms. The molecule has 2 aromatic carbocycles. The number of nitrogens with zero attached hydrogens (tertiary/aromatic N) is 3. The van der Waals surface area contributed by atoms with E-state index in [0.717, 1.165) is 16.8 Å². The third-order valence-electron chi connectivity index (χ3n) is 5.84. The van der Waals surface area contributed by atoms with Crippen LogP contribution in [-0.4, -0.2) is 33.8 Å². The van der Waals surface area contributed by atoms with Crippen molar-refractivity contribution in [3.8, 4) is 17.1 Å². The van der Waals surface area contributed by atoms with Gasteiger partial charge in [0.1, 0.15) is 0 Å². The summed E-state index contributed by atoms with van der Waals surface area (Å²) in [4.78, 5) is 6.54. The Morgan fingerprint density at radius 2 is 2.00 bits per heavy atom. The van der Waals surface area contributed by atoms with Gasteiger partial charge in [-0.15, -0.1) is 6.58 Å². The summed E-state index contributed by atoms with van der Waals surface area (Å²) in [5.74, 6) is 0.285. The van der Waals surface area contributed by atoms with Crippen molar-refractivity contribution in [1.82, 2.24) is 20.4 Å². The van der Waals surface area contributed by atoms with Gasteiger partial charge in [0.2, 0.25) is 5.82 Å². The summed E-state index contributed by atoms with van der Waals surface area (Å²) in [6, 6.07) is 10.5. The fraction of sp³-hybridized carbons (Fsp3) is 0.240. The Hall–Kier alpha value is -3.52. The Morgan fingerprint density at radius 1 is 1.21 bits per heavy atom. The fourth-order valence-corrected chi connectivity index (χ4v) is 4.19. The molecule has 3 aromatic rings. The average Bonchev–Trinajstić information content (AvgIpc) is 3.27. The van der Waals surface area contributed by atoms with Gasteiger partial charge >= 0.3 is 0 Å². The van der Waals surface area contributed by atoms with E-state index in [9.17, 15) is 4.39 Å². The third kappa shape index (κ3) is 4.26. The van der Waals surface area contributed by atoms with Gasteiger partial charge in [-0.3, -0.25) is 0 Å². The number of hydrogen-bond donors (Lipinski definition) is 1. The van der Waals surface area contributed by atoms with Crippen molar-refractivity contribution >= 4 is 22.9 Å². The summed E-state index contributed by atoms with van der Waals surface area (Å²) < 4.78 is 24.9. The van der Waals surface area contributed by atoms with Gasteiger partial charge < -0.3 is 19.5 Å². The number of benzene rings is 2. The number of rotatable bonds is 6. The quantitative estimate of drug-likeness (QED) is 0.390. The van der Waals surface area contributed by atoms with Crippen molar-refractivity contribution in [2.45, 2.75) is 26.8 Å². The molecule has 0 saturated heterocycles. The number of aromatic nitrogens is 2. The molecule has 6 nitrogen and oxygen atoms in total.